The van der Waals surface area contributed by atoms with Crippen molar-refractivity contribution in [1.29, 1.82) is 0 Å². The fourth-order valence-electron chi connectivity index (χ4n) is 6.07. The number of hydrogen-bond donors (Lipinski definition) is 2. The average molecular weight is 512 g/mol. The van der Waals surface area contributed by atoms with Gasteiger partial charge >= 0.3 is 5.97 Å². The summed E-state index contributed by atoms with van der Waals surface area (Å²) in [6.07, 6.45) is 3.47. The summed E-state index contributed by atoms with van der Waals surface area (Å²) in [4.78, 5) is 12.0. The van der Waals surface area contributed by atoms with Crippen molar-refractivity contribution in [2.75, 3.05) is 27.4 Å². The number of ether oxygens (including phenoxy) is 3. The van der Waals surface area contributed by atoms with Crippen LogP contribution >= 0.6 is 0 Å². The molecule has 6 rings (SSSR count). The van der Waals surface area contributed by atoms with Gasteiger partial charge in [-0.15, -0.1) is 0 Å². The molecule has 1 saturated heterocycles. The van der Waals surface area contributed by atoms with Gasteiger partial charge in [0, 0.05) is 54.5 Å². The first-order valence-corrected chi connectivity index (χ1v) is 12.3. The van der Waals surface area contributed by atoms with E-state index in [4.69, 9.17) is 14.2 Å². The van der Waals surface area contributed by atoms with Crippen molar-refractivity contribution in [2.24, 2.45) is 0 Å². The largest absolute Gasteiger partial charge is 0.494 e. The summed E-state index contributed by atoms with van der Waals surface area (Å²) < 4.78 is 48.9. The van der Waals surface area contributed by atoms with E-state index in [2.05, 4.69) is 10.2 Å². The summed E-state index contributed by atoms with van der Waals surface area (Å²) in [7, 11) is 2.80. The Kier molecular flexibility index (Phi) is 5.68. The molecule has 8 nitrogen and oxygen atoms in total. The number of carbonyl (C=O) groups is 1. The number of carboxylic acid groups (broad SMARTS) is 1. The fraction of sp³-hybridized carbons (Fsp3) is 0.407. The molecule has 3 heterocycles. The quantitative estimate of drug-likeness (QED) is 0.377. The molecule has 0 unspecified atom stereocenters. The Bertz CT molecular complexity index is 1520. The summed E-state index contributed by atoms with van der Waals surface area (Å²) in [6, 6.07) is 6.47. The van der Waals surface area contributed by atoms with Crippen LogP contribution < -0.4 is 4.74 Å². The summed E-state index contributed by atoms with van der Waals surface area (Å²) >= 11 is 0. The predicted molar refractivity (Wildman–Crippen MR) is 132 cm³/mol. The van der Waals surface area contributed by atoms with E-state index in [0.29, 0.717) is 35.2 Å². The molecule has 2 aromatic heterocycles. The second-order valence-electron chi connectivity index (χ2n) is 9.87. The molecule has 2 fully saturated rings. The zero-order valence-corrected chi connectivity index (χ0v) is 20.5. The number of hydrogen-bond acceptors (Lipinski definition) is 5. The maximum atomic E-state index is 16.3. The fourth-order valence-corrected chi connectivity index (χ4v) is 6.07. The van der Waals surface area contributed by atoms with Crippen LogP contribution in [-0.2, 0) is 14.3 Å². The number of aromatic nitrogens is 3. The Balaban J connectivity index is 1.68. The van der Waals surface area contributed by atoms with Crippen LogP contribution in [0.1, 0.15) is 48.8 Å². The van der Waals surface area contributed by atoms with Crippen LogP contribution in [0.15, 0.2) is 30.5 Å². The van der Waals surface area contributed by atoms with E-state index in [0.717, 1.165) is 24.1 Å². The maximum Gasteiger partial charge on any atom is 0.335 e. The Labute approximate surface area is 211 Å². The average Bonchev–Trinajstić information content (AvgIpc) is 3.48. The summed E-state index contributed by atoms with van der Waals surface area (Å²) in [5.41, 5.74) is 1.90. The minimum atomic E-state index is -1.31. The van der Waals surface area contributed by atoms with Gasteiger partial charge in [0.15, 0.2) is 23.0 Å². The number of rotatable bonds is 6. The van der Waals surface area contributed by atoms with Crippen LogP contribution in [0, 0.1) is 11.6 Å². The van der Waals surface area contributed by atoms with Gasteiger partial charge in [0.1, 0.15) is 5.52 Å². The van der Waals surface area contributed by atoms with Crippen LogP contribution in [0.3, 0.4) is 0 Å². The topological polar surface area (TPSA) is 98.6 Å². The molecule has 0 radical (unpaired) electrons. The van der Waals surface area contributed by atoms with Gasteiger partial charge in [-0.1, -0.05) is 0 Å². The minimum Gasteiger partial charge on any atom is -0.494 e. The molecular formula is C27H27F2N3O5. The van der Waals surface area contributed by atoms with Crippen LogP contribution in [0.5, 0.6) is 5.75 Å². The van der Waals surface area contributed by atoms with Gasteiger partial charge in [0.2, 0.25) is 0 Å². The highest BCUT2D eigenvalue weighted by Crippen LogP contribution is 2.53. The van der Waals surface area contributed by atoms with E-state index in [1.54, 1.807) is 18.3 Å². The van der Waals surface area contributed by atoms with Crippen molar-refractivity contribution >= 4 is 27.8 Å². The first-order valence-electron chi connectivity index (χ1n) is 12.3. The number of aromatic amines is 1. The zero-order chi connectivity index (χ0) is 25.9. The minimum absolute atomic E-state index is 0.0328. The number of aliphatic carboxylic acids is 1. The molecule has 0 bridgehead atoms. The van der Waals surface area contributed by atoms with E-state index in [9.17, 15) is 14.3 Å². The van der Waals surface area contributed by atoms with E-state index in [1.165, 1.54) is 20.3 Å². The smallest absolute Gasteiger partial charge is 0.335 e. The van der Waals surface area contributed by atoms with Gasteiger partial charge in [0.05, 0.1) is 18.8 Å². The Hall–Kier alpha value is -3.50. The van der Waals surface area contributed by atoms with E-state index >= 15 is 4.39 Å². The maximum absolute atomic E-state index is 16.3. The highest BCUT2D eigenvalue weighted by Gasteiger charge is 2.53. The van der Waals surface area contributed by atoms with Crippen LogP contribution in [0.2, 0.25) is 0 Å². The molecule has 1 saturated carbocycles. The van der Waals surface area contributed by atoms with Crippen molar-refractivity contribution in [2.45, 2.75) is 43.1 Å². The molecule has 2 aliphatic rings. The number of carboxylic acids is 1. The SMILES string of the molecule is COc1cc(-n2c(C3CCOCC3)c([C@H]3C[C@](OC)(C(=O)O)C3)c3c(F)c4[nH]ncc4cc32)ccc1F. The summed E-state index contributed by atoms with van der Waals surface area (Å²) in [5.74, 6) is -2.09. The normalized spacial score (nSPS) is 22.4. The lowest BCUT2D eigenvalue weighted by Gasteiger charge is -2.44. The number of fused-ring (bicyclic) bond motifs is 2. The molecule has 0 spiro atoms. The molecule has 1 aliphatic heterocycles. The first-order chi connectivity index (χ1) is 17.9. The first kappa shape index (κ1) is 23.9. The number of H-pyrrole nitrogens is 1. The van der Waals surface area contributed by atoms with Gasteiger partial charge in [-0.3, -0.25) is 5.10 Å². The van der Waals surface area contributed by atoms with Gasteiger partial charge in [-0.2, -0.15) is 5.10 Å². The molecule has 37 heavy (non-hydrogen) atoms. The van der Waals surface area contributed by atoms with Gasteiger partial charge < -0.3 is 23.9 Å². The molecule has 194 valence electrons. The predicted octanol–water partition coefficient (Wildman–Crippen LogP) is 5.03. The monoisotopic (exact) mass is 511 g/mol. The second-order valence-corrected chi connectivity index (χ2v) is 9.87. The van der Waals surface area contributed by atoms with Crippen LogP contribution in [0.4, 0.5) is 8.78 Å². The number of nitrogens with one attached hydrogen (secondary N) is 1. The van der Waals surface area contributed by atoms with E-state index in [1.807, 2.05) is 10.6 Å². The Morgan fingerprint density at radius 3 is 2.62 bits per heavy atom. The number of methoxy groups -OCH3 is 2. The van der Waals surface area contributed by atoms with Crippen molar-refractivity contribution in [3.05, 3.63) is 53.4 Å². The second kappa shape index (κ2) is 8.81. The van der Waals surface area contributed by atoms with E-state index in [-0.39, 0.29) is 35.9 Å². The highest BCUT2D eigenvalue weighted by molar-refractivity contribution is 6.00. The zero-order valence-electron chi connectivity index (χ0n) is 20.5. The molecule has 2 N–H and O–H groups in total. The third-order valence-electron chi connectivity index (χ3n) is 8.03. The number of nitrogens with zero attached hydrogens (tertiary/aromatic N) is 2. The van der Waals surface area contributed by atoms with Gasteiger partial charge in [-0.25, -0.2) is 13.6 Å². The molecule has 2 aromatic carbocycles. The van der Waals surface area contributed by atoms with Crippen molar-refractivity contribution < 1.29 is 32.9 Å². The Morgan fingerprint density at radius 1 is 1.19 bits per heavy atom. The lowest BCUT2D eigenvalue weighted by atomic mass is 9.66. The Morgan fingerprint density at radius 2 is 1.95 bits per heavy atom. The number of halogens is 2. The lowest BCUT2D eigenvalue weighted by molar-refractivity contribution is -0.175. The van der Waals surface area contributed by atoms with Crippen LogP contribution in [-0.4, -0.2) is 58.9 Å². The van der Waals surface area contributed by atoms with E-state index < -0.39 is 23.2 Å². The van der Waals surface area contributed by atoms with Crippen molar-refractivity contribution in [1.82, 2.24) is 14.8 Å². The van der Waals surface area contributed by atoms with Crippen molar-refractivity contribution in [3.8, 4) is 11.4 Å². The molecule has 1 aliphatic carbocycles. The van der Waals surface area contributed by atoms with Crippen molar-refractivity contribution in [3.63, 3.8) is 0 Å². The van der Waals surface area contributed by atoms with Crippen LogP contribution in [0.25, 0.3) is 27.5 Å². The summed E-state index contributed by atoms with van der Waals surface area (Å²) in [6.45, 7) is 1.13. The molecule has 10 heteroatoms. The highest BCUT2D eigenvalue weighted by atomic mass is 19.1. The number of benzene rings is 2. The van der Waals surface area contributed by atoms with Gasteiger partial charge in [0.25, 0.3) is 0 Å². The summed E-state index contributed by atoms with van der Waals surface area (Å²) in [5, 5.41) is 17.6. The molecule has 0 atom stereocenters. The molecule has 0 amide bonds. The lowest BCUT2D eigenvalue weighted by Crippen LogP contribution is -2.51. The van der Waals surface area contributed by atoms with Gasteiger partial charge in [-0.05, 0) is 55.4 Å². The molecular weight excluding hydrogens is 484 g/mol. The standard InChI is InChI=1S/C27H27F2N3O5/c1-35-20-10-17(3-4-18(20)28)32-19-9-15-13-30-31-24(15)23(29)22(19)21(25(32)14-5-7-37-8-6-14)16-11-27(12-16,36-2)26(33)34/h3-4,9-10,13-14,16H,5-8,11-12H2,1-2H3,(H,30,31)(H,33,34)/t16-,27+. The molecule has 4 aromatic rings. The third-order valence-corrected chi connectivity index (χ3v) is 8.03. The third kappa shape index (κ3) is 3.53.